The van der Waals surface area contributed by atoms with E-state index in [1.54, 1.807) is 13.8 Å². The number of nitrogens with two attached hydrogens (primary N) is 1. The highest BCUT2D eigenvalue weighted by Crippen LogP contribution is 2.07. The molecular formula is C11H21N3O4. The Morgan fingerprint density at radius 1 is 1.22 bits per heavy atom. The maximum absolute atomic E-state index is 11.5. The Morgan fingerprint density at radius 2 is 1.78 bits per heavy atom. The number of nitrogens with one attached hydrogen (secondary N) is 2. The monoisotopic (exact) mass is 259 g/mol. The van der Waals surface area contributed by atoms with Crippen molar-refractivity contribution in [2.75, 3.05) is 0 Å². The van der Waals surface area contributed by atoms with E-state index in [1.807, 2.05) is 6.92 Å². The fourth-order valence-corrected chi connectivity index (χ4v) is 1.44. The van der Waals surface area contributed by atoms with Crippen LogP contribution in [0.25, 0.3) is 0 Å². The number of rotatable bonds is 7. The van der Waals surface area contributed by atoms with Crippen molar-refractivity contribution < 1.29 is 19.5 Å². The van der Waals surface area contributed by atoms with Gasteiger partial charge in [0.2, 0.25) is 5.91 Å². The highest BCUT2D eigenvalue weighted by molar-refractivity contribution is 5.83. The van der Waals surface area contributed by atoms with Gasteiger partial charge in [0.1, 0.15) is 6.04 Å². The lowest BCUT2D eigenvalue weighted by atomic mass is 9.99. The molecule has 0 aliphatic rings. The molecule has 0 saturated carbocycles. The highest BCUT2D eigenvalue weighted by Gasteiger charge is 2.25. The van der Waals surface area contributed by atoms with Crippen molar-refractivity contribution in [3.05, 3.63) is 0 Å². The van der Waals surface area contributed by atoms with Gasteiger partial charge >= 0.3 is 12.0 Å². The topological polar surface area (TPSA) is 122 Å². The van der Waals surface area contributed by atoms with Gasteiger partial charge in [-0.25, -0.2) is 9.59 Å². The van der Waals surface area contributed by atoms with Gasteiger partial charge in [-0.15, -0.1) is 0 Å². The van der Waals surface area contributed by atoms with Gasteiger partial charge in [0.05, 0.1) is 0 Å². The van der Waals surface area contributed by atoms with E-state index in [-0.39, 0.29) is 12.3 Å². The van der Waals surface area contributed by atoms with Crippen LogP contribution in [0, 0.1) is 5.92 Å². The van der Waals surface area contributed by atoms with Crippen LogP contribution in [-0.4, -0.2) is 35.1 Å². The predicted octanol–water partition coefficient (Wildman–Crippen LogP) is 0.0488. The zero-order valence-corrected chi connectivity index (χ0v) is 10.9. The summed E-state index contributed by atoms with van der Waals surface area (Å²) < 4.78 is 0. The van der Waals surface area contributed by atoms with E-state index < -0.39 is 30.0 Å². The van der Waals surface area contributed by atoms with Gasteiger partial charge in [0.25, 0.3) is 0 Å². The van der Waals surface area contributed by atoms with Gasteiger partial charge in [-0.1, -0.05) is 20.3 Å². The third-order valence-electron chi connectivity index (χ3n) is 2.65. The minimum absolute atomic E-state index is 0.00842. The van der Waals surface area contributed by atoms with Gasteiger partial charge in [0.15, 0.2) is 0 Å². The first-order valence-corrected chi connectivity index (χ1v) is 5.86. The van der Waals surface area contributed by atoms with Gasteiger partial charge in [-0.2, -0.15) is 0 Å². The standard InChI is InChI=1S/C11H21N3O4/c1-4-6(2)9(10(16)17)14-11(18)13-7(3)5-8(12)15/h6-7,9H,4-5H2,1-3H3,(H2,12,15)(H,16,17)(H2,13,14,18). The summed E-state index contributed by atoms with van der Waals surface area (Å²) >= 11 is 0. The molecule has 0 aliphatic heterocycles. The Hall–Kier alpha value is -1.79. The smallest absolute Gasteiger partial charge is 0.326 e. The number of aliphatic carboxylic acids is 1. The molecule has 0 aliphatic carbocycles. The third-order valence-corrected chi connectivity index (χ3v) is 2.65. The maximum Gasteiger partial charge on any atom is 0.326 e. The van der Waals surface area contributed by atoms with E-state index in [0.717, 1.165) is 0 Å². The number of hydrogen-bond acceptors (Lipinski definition) is 3. The molecule has 0 bridgehead atoms. The Balaban J connectivity index is 4.34. The van der Waals surface area contributed by atoms with Crippen molar-refractivity contribution >= 4 is 17.9 Å². The summed E-state index contributed by atoms with van der Waals surface area (Å²) in [6, 6.07) is -2.00. The van der Waals surface area contributed by atoms with Crippen LogP contribution in [0.4, 0.5) is 4.79 Å². The van der Waals surface area contributed by atoms with E-state index in [1.165, 1.54) is 0 Å². The molecule has 0 aromatic heterocycles. The van der Waals surface area contributed by atoms with E-state index >= 15 is 0 Å². The largest absolute Gasteiger partial charge is 0.480 e. The van der Waals surface area contributed by atoms with Crippen LogP contribution in [0.15, 0.2) is 0 Å². The zero-order chi connectivity index (χ0) is 14.3. The molecule has 18 heavy (non-hydrogen) atoms. The summed E-state index contributed by atoms with van der Waals surface area (Å²) in [5.41, 5.74) is 4.98. The van der Waals surface area contributed by atoms with E-state index in [2.05, 4.69) is 10.6 Å². The molecule has 3 atom stereocenters. The lowest BCUT2D eigenvalue weighted by Gasteiger charge is -2.21. The second kappa shape index (κ2) is 7.52. The molecule has 0 radical (unpaired) electrons. The number of carboxylic acid groups (broad SMARTS) is 1. The SMILES string of the molecule is CCC(C)C(NC(=O)NC(C)CC(N)=O)C(=O)O. The summed E-state index contributed by atoms with van der Waals surface area (Å²) in [7, 11) is 0. The summed E-state index contributed by atoms with van der Waals surface area (Å²) in [6.07, 6.45) is 0.641. The van der Waals surface area contributed by atoms with E-state index in [9.17, 15) is 14.4 Å². The number of hydrogen-bond donors (Lipinski definition) is 4. The third kappa shape index (κ3) is 6.07. The first-order chi connectivity index (χ1) is 8.27. The Bertz CT molecular complexity index is 319. The van der Waals surface area contributed by atoms with E-state index in [0.29, 0.717) is 6.42 Å². The summed E-state index contributed by atoms with van der Waals surface area (Å²) in [5.74, 6) is -1.79. The molecule has 0 heterocycles. The van der Waals surface area contributed by atoms with Crippen molar-refractivity contribution in [2.45, 2.75) is 45.7 Å². The van der Waals surface area contributed by atoms with Crippen molar-refractivity contribution in [1.29, 1.82) is 0 Å². The van der Waals surface area contributed by atoms with Crippen LogP contribution in [0.3, 0.4) is 0 Å². The van der Waals surface area contributed by atoms with Crippen molar-refractivity contribution in [2.24, 2.45) is 11.7 Å². The average molecular weight is 259 g/mol. The van der Waals surface area contributed by atoms with E-state index in [4.69, 9.17) is 10.8 Å². The zero-order valence-electron chi connectivity index (χ0n) is 10.9. The van der Waals surface area contributed by atoms with Crippen molar-refractivity contribution in [3.8, 4) is 0 Å². The maximum atomic E-state index is 11.5. The number of amides is 3. The van der Waals surface area contributed by atoms with Gasteiger partial charge < -0.3 is 21.5 Å². The fourth-order valence-electron chi connectivity index (χ4n) is 1.44. The number of primary amides is 1. The molecule has 0 rings (SSSR count). The average Bonchev–Trinajstić information content (AvgIpc) is 2.23. The number of urea groups is 1. The predicted molar refractivity (Wildman–Crippen MR) is 65.8 cm³/mol. The van der Waals surface area contributed by atoms with Gasteiger partial charge in [0, 0.05) is 12.5 Å². The molecule has 0 aromatic rings. The molecule has 0 saturated heterocycles. The van der Waals surface area contributed by atoms with Crippen LogP contribution >= 0.6 is 0 Å². The number of carbonyl (C=O) groups is 3. The van der Waals surface area contributed by atoms with Crippen molar-refractivity contribution in [3.63, 3.8) is 0 Å². The number of carboxylic acids is 1. The lowest BCUT2D eigenvalue weighted by molar-refractivity contribution is -0.140. The Morgan fingerprint density at radius 3 is 2.17 bits per heavy atom. The first kappa shape index (κ1) is 16.2. The van der Waals surface area contributed by atoms with Crippen LogP contribution in [0.1, 0.15) is 33.6 Å². The molecule has 0 fully saturated rings. The molecule has 5 N–H and O–H groups in total. The number of carbonyl (C=O) groups excluding carboxylic acids is 2. The van der Waals surface area contributed by atoms with Crippen LogP contribution in [0.5, 0.6) is 0 Å². The van der Waals surface area contributed by atoms with Crippen LogP contribution < -0.4 is 16.4 Å². The quantitative estimate of drug-likeness (QED) is 0.516. The Kier molecular flexibility index (Phi) is 6.77. The molecular weight excluding hydrogens is 238 g/mol. The first-order valence-electron chi connectivity index (χ1n) is 5.86. The lowest BCUT2D eigenvalue weighted by Crippen LogP contribution is -2.51. The fraction of sp³-hybridized carbons (Fsp3) is 0.727. The summed E-state index contributed by atoms with van der Waals surface area (Å²) in [6.45, 7) is 5.20. The summed E-state index contributed by atoms with van der Waals surface area (Å²) in [4.78, 5) is 33.1. The molecule has 0 spiro atoms. The Labute approximate surface area is 106 Å². The normalized spacial score (nSPS) is 15.3. The summed E-state index contributed by atoms with van der Waals surface area (Å²) in [5, 5.41) is 13.8. The molecule has 104 valence electrons. The molecule has 3 unspecified atom stereocenters. The molecule has 3 amide bonds. The molecule has 7 nitrogen and oxygen atoms in total. The molecule has 7 heteroatoms. The van der Waals surface area contributed by atoms with Crippen LogP contribution in [0.2, 0.25) is 0 Å². The highest BCUT2D eigenvalue weighted by atomic mass is 16.4. The van der Waals surface area contributed by atoms with Gasteiger partial charge in [-0.05, 0) is 12.8 Å². The van der Waals surface area contributed by atoms with Crippen molar-refractivity contribution in [1.82, 2.24) is 10.6 Å². The van der Waals surface area contributed by atoms with Gasteiger partial charge in [-0.3, -0.25) is 4.79 Å². The second-order valence-electron chi connectivity index (χ2n) is 4.39. The van der Waals surface area contributed by atoms with Crippen LogP contribution in [-0.2, 0) is 9.59 Å². The molecule has 0 aromatic carbocycles. The minimum atomic E-state index is -1.08. The second-order valence-corrected chi connectivity index (χ2v) is 4.39. The minimum Gasteiger partial charge on any atom is -0.480 e.